The summed E-state index contributed by atoms with van der Waals surface area (Å²) in [5.41, 5.74) is 0.219. The second-order valence-electron chi connectivity index (χ2n) is 11.0. The van der Waals surface area contributed by atoms with Gasteiger partial charge in [-0.1, -0.05) is 6.07 Å². The standard InChI is InChI=1S/C28H35F4N5O4/c1-15(2)37-22(10-11-34-37)26(39)36-24(23(16-4-5-16)17-6-7-17)27(40)35-21-9-8-18(12-20(21)29)19(13-41-3)25(38)33-14-28(30,31)32/h8-12,15-17,19,23-24H,4-7,13-14H2,1-3H3,(H,33,38)(H,35,40)(H,36,39)/t19-,24-/m0/s1. The van der Waals surface area contributed by atoms with E-state index in [4.69, 9.17) is 4.74 Å². The van der Waals surface area contributed by atoms with Crippen LogP contribution in [0.5, 0.6) is 0 Å². The van der Waals surface area contributed by atoms with Crippen LogP contribution in [0.25, 0.3) is 0 Å². The summed E-state index contributed by atoms with van der Waals surface area (Å²) in [6, 6.07) is 4.17. The molecule has 2 fully saturated rings. The van der Waals surface area contributed by atoms with Gasteiger partial charge < -0.3 is 20.7 Å². The number of amides is 3. The minimum atomic E-state index is -4.61. The molecule has 224 valence electrons. The molecule has 3 N–H and O–H groups in total. The van der Waals surface area contributed by atoms with E-state index < -0.39 is 48.2 Å². The average molecular weight is 582 g/mol. The van der Waals surface area contributed by atoms with Crippen LogP contribution in [0.15, 0.2) is 30.5 Å². The van der Waals surface area contributed by atoms with E-state index in [9.17, 15) is 27.6 Å². The maximum Gasteiger partial charge on any atom is 0.405 e. The highest BCUT2D eigenvalue weighted by molar-refractivity contribution is 6.01. The fraction of sp³-hybridized carbons (Fsp3) is 0.571. The number of nitrogens with one attached hydrogen (secondary N) is 3. The van der Waals surface area contributed by atoms with E-state index in [1.165, 1.54) is 25.4 Å². The molecule has 1 aromatic heterocycles. The summed E-state index contributed by atoms with van der Waals surface area (Å²) in [7, 11) is 1.27. The third kappa shape index (κ3) is 7.84. The smallest absolute Gasteiger partial charge is 0.384 e. The Morgan fingerprint density at radius 2 is 1.73 bits per heavy atom. The zero-order valence-electron chi connectivity index (χ0n) is 23.1. The van der Waals surface area contributed by atoms with E-state index in [1.54, 1.807) is 16.1 Å². The van der Waals surface area contributed by atoms with Crippen LogP contribution in [-0.4, -0.2) is 60.0 Å². The second kappa shape index (κ2) is 12.6. The first-order valence-electron chi connectivity index (χ1n) is 13.7. The van der Waals surface area contributed by atoms with Gasteiger partial charge in [0.15, 0.2) is 0 Å². The normalized spacial score (nSPS) is 16.9. The Morgan fingerprint density at radius 1 is 1.07 bits per heavy atom. The summed E-state index contributed by atoms with van der Waals surface area (Å²) in [4.78, 5) is 39.3. The lowest BCUT2D eigenvalue weighted by Gasteiger charge is -2.28. The first kappa shape index (κ1) is 30.5. The lowest BCUT2D eigenvalue weighted by atomic mass is 9.88. The van der Waals surface area contributed by atoms with Gasteiger partial charge in [0.25, 0.3) is 5.91 Å². The Hall–Kier alpha value is -3.48. The van der Waals surface area contributed by atoms with Crippen LogP contribution in [0.2, 0.25) is 0 Å². The van der Waals surface area contributed by atoms with Crippen molar-refractivity contribution in [2.45, 2.75) is 63.7 Å². The molecule has 0 bridgehead atoms. The largest absolute Gasteiger partial charge is 0.405 e. The van der Waals surface area contributed by atoms with Crippen LogP contribution in [0.3, 0.4) is 0 Å². The highest BCUT2D eigenvalue weighted by Crippen LogP contribution is 2.51. The summed E-state index contributed by atoms with van der Waals surface area (Å²) in [6.07, 6.45) is 0.707. The van der Waals surface area contributed by atoms with Gasteiger partial charge in [-0.3, -0.25) is 19.1 Å². The number of carbonyl (C=O) groups excluding carboxylic acids is 3. The number of anilines is 1. The Balaban J connectivity index is 1.53. The van der Waals surface area contributed by atoms with Gasteiger partial charge in [0, 0.05) is 19.3 Å². The van der Waals surface area contributed by atoms with E-state index in [0.29, 0.717) is 5.69 Å². The molecular weight excluding hydrogens is 546 g/mol. The summed E-state index contributed by atoms with van der Waals surface area (Å²) in [6.45, 7) is 1.96. The molecular formula is C28H35F4N5O4. The first-order valence-corrected chi connectivity index (χ1v) is 13.7. The molecule has 2 aliphatic rings. The molecule has 3 amide bonds. The molecule has 13 heteroatoms. The van der Waals surface area contributed by atoms with E-state index in [1.807, 2.05) is 13.8 Å². The van der Waals surface area contributed by atoms with E-state index in [0.717, 1.165) is 31.7 Å². The monoisotopic (exact) mass is 581 g/mol. The summed E-state index contributed by atoms with van der Waals surface area (Å²) in [5.74, 6) is -3.60. The van der Waals surface area contributed by atoms with Crippen molar-refractivity contribution >= 4 is 23.4 Å². The molecule has 9 nitrogen and oxygen atoms in total. The number of benzene rings is 1. The van der Waals surface area contributed by atoms with Gasteiger partial charge in [0.1, 0.15) is 24.1 Å². The SMILES string of the molecule is COC[C@H](C(=O)NCC(F)(F)F)c1ccc(NC(=O)[C@@H](NC(=O)c2ccnn2C(C)C)C(C2CC2)C2CC2)c(F)c1. The second-order valence-corrected chi connectivity index (χ2v) is 11.0. The number of rotatable bonds is 13. The molecule has 2 atom stereocenters. The van der Waals surface area contributed by atoms with Crippen molar-refractivity contribution in [2.24, 2.45) is 17.8 Å². The van der Waals surface area contributed by atoms with Crippen molar-refractivity contribution in [3.05, 3.63) is 47.5 Å². The molecule has 2 aliphatic carbocycles. The molecule has 0 spiro atoms. The minimum Gasteiger partial charge on any atom is -0.384 e. The molecule has 1 aromatic carbocycles. The predicted octanol–water partition coefficient (Wildman–Crippen LogP) is 4.18. The van der Waals surface area contributed by atoms with Gasteiger partial charge in [-0.2, -0.15) is 18.3 Å². The first-order chi connectivity index (χ1) is 19.4. The van der Waals surface area contributed by atoms with E-state index in [-0.39, 0.29) is 41.7 Å². The maximum atomic E-state index is 15.2. The summed E-state index contributed by atoms with van der Waals surface area (Å²) in [5, 5.41) is 11.5. The lowest BCUT2D eigenvalue weighted by molar-refractivity contribution is -0.140. The molecule has 0 aliphatic heterocycles. The van der Waals surface area contributed by atoms with Gasteiger partial charge in [0.05, 0.1) is 18.2 Å². The molecule has 2 aromatic rings. The van der Waals surface area contributed by atoms with Crippen molar-refractivity contribution in [3.63, 3.8) is 0 Å². The molecule has 4 rings (SSSR count). The molecule has 1 heterocycles. The van der Waals surface area contributed by atoms with Crippen molar-refractivity contribution in [1.82, 2.24) is 20.4 Å². The van der Waals surface area contributed by atoms with Crippen LogP contribution in [0.1, 0.15) is 67.5 Å². The van der Waals surface area contributed by atoms with Gasteiger partial charge >= 0.3 is 6.18 Å². The van der Waals surface area contributed by atoms with Crippen molar-refractivity contribution < 1.29 is 36.7 Å². The topological polar surface area (TPSA) is 114 Å². The molecule has 0 unspecified atom stereocenters. The highest BCUT2D eigenvalue weighted by atomic mass is 19.4. The molecule has 41 heavy (non-hydrogen) atoms. The van der Waals surface area contributed by atoms with Crippen LogP contribution in [0, 0.1) is 23.6 Å². The maximum absolute atomic E-state index is 15.2. The number of halogens is 4. The van der Waals surface area contributed by atoms with Crippen molar-refractivity contribution in [1.29, 1.82) is 0 Å². The van der Waals surface area contributed by atoms with Crippen LogP contribution in [-0.2, 0) is 14.3 Å². The fourth-order valence-corrected chi connectivity index (χ4v) is 5.21. The van der Waals surface area contributed by atoms with Gasteiger partial charge in [0.2, 0.25) is 11.8 Å². The zero-order valence-corrected chi connectivity index (χ0v) is 23.1. The number of alkyl halides is 3. The quantitative estimate of drug-likeness (QED) is 0.307. The number of methoxy groups -OCH3 is 1. The molecule has 0 radical (unpaired) electrons. The van der Waals surface area contributed by atoms with Crippen molar-refractivity contribution in [3.8, 4) is 0 Å². The minimum absolute atomic E-state index is 0.0780. The van der Waals surface area contributed by atoms with Gasteiger partial charge in [-0.05, 0) is 81.0 Å². The van der Waals surface area contributed by atoms with E-state index >= 15 is 4.39 Å². The third-order valence-corrected chi connectivity index (χ3v) is 7.44. The number of carbonyl (C=O) groups is 3. The Bertz CT molecular complexity index is 1240. The summed E-state index contributed by atoms with van der Waals surface area (Å²) >= 11 is 0. The predicted molar refractivity (Wildman–Crippen MR) is 142 cm³/mol. The van der Waals surface area contributed by atoms with Crippen LogP contribution in [0.4, 0.5) is 23.2 Å². The van der Waals surface area contributed by atoms with Crippen LogP contribution < -0.4 is 16.0 Å². The number of hydrogen-bond donors (Lipinski definition) is 3. The average Bonchev–Trinajstić information content (AvgIpc) is 3.85. The number of ether oxygens (including phenoxy) is 1. The third-order valence-electron chi connectivity index (χ3n) is 7.44. The van der Waals surface area contributed by atoms with Gasteiger partial charge in [-0.15, -0.1) is 0 Å². The molecule has 2 saturated carbocycles. The number of aromatic nitrogens is 2. The van der Waals surface area contributed by atoms with Crippen LogP contribution >= 0.6 is 0 Å². The Morgan fingerprint density at radius 3 is 2.27 bits per heavy atom. The number of nitrogens with zero attached hydrogens (tertiary/aromatic N) is 2. The Kier molecular flexibility index (Phi) is 9.35. The summed E-state index contributed by atoms with van der Waals surface area (Å²) < 4.78 is 59.5. The fourth-order valence-electron chi connectivity index (χ4n) is 5.21. The van der Waals surface area contributed by atoms with Crippen molar-refractivity contribution in [2.75, 3.05) is 25.6 Å². The molecule has 0 saturated heterocycles. The zero-order chi connectivity index (χ0) is 29.9. The van der Waals surface area contributed by atoms with E-state index in [2.05, 4.69) is 15.7 Å². The highest BCUT2D eigenvalue weighted by Gasteiger charge is 2.48. The lowest BCUT2D eigenvalue weighted by Crippen LogP contribution is -2.50. The number of hydrogen-bond acceptors (Lipinski definition) is 5. The Labute approximate surface area is 235 Å². The van der Waals surface area contributed by atoms with Gasteiger partial charge in [-0.25, -0.2) is 4.39 Å².